The maximum atomic E-state index is 14.7. The first-order valence-corrected chi connectivity index (χ1v) is 13.2. The van der Waals surface area contributed by atoms with Crippen LogP contribution in [-0.2, 0) is 20.9 Å². The number of nitrogens with zero attached hydrogens (tertiary/aromatic N) is 1. The lowest BCUT2D eigenvalue weighted by Crippen LogP contribution is -2.44. The fraction of sp³-hybridized carbons (Fsp3) is 0.348. The molecule has 1 saturated heterocycles. The molecule has 1 fully saturated rings. The van der Waals surface area contributed by atoms with Gasteiger partial charge in [0.05, 0.1) is 18.2 Å². The molecular weight excluding hydrogens is 466 g/mol. The zero-order chi connectivity index (χ0) is 25.0. The molecule has 8 nitrogen and oxygen atoms in total. The standard InChI is InChI=1S/C23H28F2N4O4S/c1-33-12-14-5-7-15(8-6-14)20(28-23(32)29-11-19(30)26-13-29)22(31)27-16-9-17(24)21(18(25)10-16)34(2,3)4/h5-10,20H,11-13H2,1-4H3,(H,26,30)(H,27,31)(H,28,32)/t20-/m1/s1. The lowest BCUT2D eigenvalue weighted by Gasteiger charge is -2.27. The molecule has 1 heterocycles. The average molecular weight is 495 g/mol. The molecule has 3 rings (SSSR count). The molecule has 2 aromatic carbocycles. The van der Waals surface area contributed by atoms with Crippen LogP contribution >= 0.6 is 10.0 Å². The van der Waals surface area contributed by atoms with Crippen molar-refractivity contribution < 1.29 is 27.9 Å². The third-order valence-electron chi connectivity index (χ3n) is 5.12. The summed E-state index contributed by atoms with van der Waals surface area (Å²) in [6.45, 7) is 0.241. The van der Waals surface area contributed by atoms with Gasteiger partial charge in [-0.05, 0) is 42.0 Å². The highest BCUT2D eigenvalue weighted by atomic mass is 32.3. The molecule has 0 spiro atoms. The predicted octanol–water partition coefficient (Wildman–Crippen LogP) is 2.94. The number of anilines is 1. The van der Waals surface area contributed by atoms with Crippen LogP contribution < -0.4 is 16.0 Å². The first-order chi connectivity index (χ1) is 16.0. The van der Waals surface area contributed by atoms with Crippen molar-refractivity contribution in [3.63, 3.8) is 0 Å². The molecular formula is C23H28F2N4O4S. The van der Waals surface area contributed by atoms with Crippen LogP contribution in [0.3, 0.4) is 0 Å². The third kappa shape index (κ3) is 6.03. The Labute approximate surface area is 198 Å². The lowest BCUT2D eigenvalue weighted by molar-refractivity contribution is -0.118. The molecule has 4 amide bonds. The normalized spacial score (nSPS) is 15.0. The monoisotopic (exact) mass is 494 g/mol. The summed E-state index contributed by atoms with van der Waals surface area (Å²) in [4.78, 5) is 38.5. The number of rotatable bonds is 7. The lowest BCUT2D eigenvalue weighted by atomic mass is 10.0. The highest BCUT2D eigenvalue weighted by molar-refractivity contribution is 8.32. The van der Waals surface area contributed by atoms with E-state index in [4.69, 9.17) is 4.74 Å². The van der Waals surface area contributed by atoms with Gasteiger partial charge in [-0.15, -0.1) is 0 Å². The van der Waals surface area contributed by atoms with Gasteiger partial charge in [-0.1, -0.05) is 24.3 Å². The Kier molecular flexibility index (Phi) is 7.78. The molecule has 0 bridgehead atoms. The van der Waals surface area contributed by atoms with E-state index in [0.29, 0.717) is 12.2 Å². The van der Waals surface area contributed by atoms with Crippen LogP contribution in [0.4, 0.5) is 19.3 Å². The van der Waals surface area contributed by atoms with E-state index < -0.39 is 39.6 Å². The van der Waals surface area contributed by atoms with E-state index in [9.17, 15) is 23.2 Å². The molecule has 11 heteroatoms. The number of carbonyl (C=O) groups is 3. The van der Waals surface area contributed by atoms with Gasteiger partial charge in [0.1, 0.15) is 24.2 Å². The molecule has 0 radical (unpaired) electrons. The van der Waals surface area contributed by atoms with Crippen molar-refractivity contribution in [2.24, 2.45) is 0 Å². The van der Waals surface area contributed by atoms with Crippen molar-refractivity contribution in [2.75, 3.05) is 44.4 Å². The highest BCUT2D eigenvalue weighted by Gasteiger charge is 2.29. The smallest absolute Gasteiger partial charge is 0.320 e. The van der Waals surface area contributed by atoms with Crippen molar-refractivity contribution in [1.29, 1.82) is 0 Å². The van der Waals surface area contributed by atoms with Gasteiger partial charge in [-0.2, -0.15) is 0 Å². The summed E-state index contributed by atoms with van der Waals surface area (Å²) >= 11 is 0. The van der Waals surface area contributed by atoms with Gasteiger partial charge in [-0.25, -0.2) is 23.6 Å². The Morgan fingerprint density at radius 3 is 2.26 bits per heavy atom. The summed E-state index contributed by atoms with van der Waals surface area (Å²) in [6, 6.07) is 7.11. The quantitative estimate of drug-likeness (QED) is 0.551. The molecule has 34 heavy (non-hydrogen) atoms. The van der Waals surface area contributed by atoms with Crippen LogP contribution in [0, 0.1) is 11.6 Å². The Bertz CT molecular complexity index is 1070. The Morgan fingerprint density at radius 1 is 1.15 bits per heavy atom. The number of ether oxygens (including phenoxy) is 1. The Balaban J connectivity index is 1.87. The van der Waals surface area contributed by atoms with E-state index >= 15 is 0 Å². The van der Waals surface area contributed by atoms with Gasteiger partial charge in [0.2, 0.25) is 5.91 Å². The molecule has 0 saturated carbocycles. The maximum absolute atomic E-state index is 14.7. The fourth-order valence-electron chi connectivity index (χ4n) is 3.53. The van der Waals surface area contributed by atoms with Gasteiger partial charge in [0.25, 0.3) is 5.91 Å². The molecule has 1 atom stereocenters. The summed E-state index contributed by atoms with van der Waals surface area (Å²) in [5, 5.41) is 7.61. The number of amides is 4. The first kappa shape index (κ1) is 25.4. The van der Waals surface area contributed by atoms with Gasteiger partial charge in [0.15, 0.2) is 0 Å². The third-order valence-corrected chi connectivity index (χ3v) is 6.74. The number of halogens is 2. The van der Waals surface area contributed by atoms with Gasteiger partial charge in [-0.3, -0.25) is 14.5 Å². The van der Waals surface area contributed by atoms with Crippen molar-refractivity contribution >= 4 is 33.6 Å². The number of urea groups is 1. The van der Waals surface area contributed by atoms with Crippen molar-refractivity contribution in [1.82, 2.24) is 15.5 Å². The van der Waals surface area contributed by atoms with E-state index in [-0.39, 0.29) is 29.7 Å². The van der Waals surface area contributed by atoms with Crippen LogP contribution in [-0.4, -0.2) is 61.8 Å². The second-order valence-corrected chi connectivity index (χ2v) is 12.7. The second kappa shape index (κ2) is 10.4. The topological polar surface area (TPSA) is 99.8 Å². The van der Waals surface area contributed by atoms with Gasteiger partial charge < -0.3 is 20.7 Å². The average Bonchev–Trinajstić information content (AvgIpc) is 3.17. The fourth-order valence-corrected chi connectivity index (χ4v) is 4.82. The minimum absolute atomic E-state index is 0.00437. The maximum Gasteiger partial charge on any atom is 0.320 e. The minimum Gasteiger partial charge on any atom is -0.380 e. The number of benzene rings is 2. The van der Waals surface area contributed by atoms with Crippen LogP contribution in [0.15, 0.2) is 41.3 Å². The molecule has 0 aliphatic carbocycles. The summed E-state index contributed by atoms with van der Waals surface area (Å²) in [5.74, 6) is -2.50. The largest absolute Gasteiger partial charge is 0.380 e. The molecule has 0 aromatic heterocycles. The molecule has 184 valence electrons. The van der Waals surface area contributed by atoms with Crippen LogP contribution in [0.1, 0.15) is 17.2 Å². The Hall–Kier alpha value is -3.18. The predicted molar refractivity (Wildman–Crippen MR) is 127 cm³/mol. The minimum atomic E-state index is -1.68. The van der Waals surface area contributed by atoms with Crippen molar-refractivity contribution in [3.05, 3.63) is 59.2 Å². The SMILES string of the molecule is COCc1ccc([C@@H](NC(=O)N2CNC(=O)C2)C(=O)Nc2cc(F)c(S(C)(C)C)c(F)c2)cc1. The zero-order valence-electron chi connectivity index (χ0n) is 19.4. The number of carbonyl (C=O) groups excluding carboxylic acids is 3. The zero-order valence-corrected chi connectivity index (χ0v) is 20.2. The molecule has 1 aliphatic rings. The molecule has 1 aliphatic heterocycles. The van der Waals surface area contributed by atoms with E-state index in [1.54, 1.807) is 50.1 Å². The van der Waals surface area contributed by atoms with Crippen molar-refractivity contribution in [3.8, 4) is 0 Å². The first-order valence-electron chi connectivity index (χ1n) is 10.4. The van der Waals surface area contributed by atoms with E-state index in [1.807, 2.05) is 0 Å². The summed E-state index contributed by atoms with van der Waals surface area (Å²) in [7, 11) is -0.120. The molecule has 3 N–H and O–H groups in total. The number of hydrogen-bond donors (Lipinski definition) is 3. The summed E-state index contributed by atoms with van der Waals surface area (Å²) in [5.41, 5.74) is 1.23. The highest BCUT2D eigenvalue weighted by Crippen LogP contribution is 2.48. The van der Waals surface area contributed by atoms with Gasteiger partial charge in [0, 0.05) is 12.8 Å². The van der Waals surface area contributed by atoms with Gasteiger partial charge >= 0.3 is 6.03 Å². The number of hydrogen-bond acceptors (Lipinski definition) is 4. The number of nitrogens with one attached hydrogen (secondary N) is 3. The van der Waals surface area contributed by atoms with Crippen LogP contribution in [0.5, 0.6) is 0 Å². The second-order valence-electron chi connectivity index (χ2n) is 8.61. The van der Waals surface area contributed by atoms with E-state index in [1.165, 1.54) is 4.90 Å². The van der Waals surface area contributed by atoms with Crippen LogP contribution in [0.25, 0.3) is 0 Å². The number of methoxy groups -OCH3 is 1. The van der Waals surface area contributed by atoms with E-state index in [2.05, 4.69) is 16.0 Å². The van der Waals surface area contributed by atoms with Crippen LogP contribution in [0.2, 0.25) is 0 Å². The van der Waals surface area contributed by atoms with Crippen molar-refractivity contribution in [2.45, 2.75) is 17.5 Å². The Morgan fingerprint density at radius 2 is 1.76 bits per heavy atom. The molecule has 0 unspecified atom stereocenters. The summed E-state index contributed by atoms with van der Waals surface area (Å²) in [6.07, 6.45) is 5.30. The molecule has 2 aromatic rings. The van der Waals surface area contributed by atoms with E-state index in [0.717, 1.165) is 17.7 Å². The summed E-state index contributed by atoms with van der Waals surface area (Å²) < 4.78 is 34.4.